The van der Waals surface area contributed by atoms with Crippen LogP contribution >= 0.6 is 0 Å². The quantitative estimate of drug-likeness (QED) is 0.280. The number of nitrogens with zero attached hydrogens (tertiary/aromatic N) is 2. The zero-order valence-corrected chi connectivity index (χ0v) is 18.8. The summed E-state index contributed by atoms with van der Waals surface area (Å²) in [5, 5.41) is 2.35. The summed E-state index contributed by atoms with van der Waals surface area (Å²) < 4.78 is 11.1. The highest BCUT2D eigenvalue weighted by Crippen LogP contribution is 2.38. The number of furan rings is 1. The number of para-hydroxylation sites is 3. The first-order valence-corrected chi connectivity index (χ1v) is 11.0. The van der Waals surface area contributed by atoms with Crippen molar-refractivity contribution in [3.05, 3.63) is 95.6 Å². The lowest BCUT2D eigenvalue weighted by molar-refractivity contribution is -0.633. The Hall–Kier alpha value is -3.85. The van der Waals surface area contributed by atoms with Crippen LogP contribution in [0, 0.1) is 20.8 Å². The van der Waals surface area contributed by atoms with Gasteiger partial charge in [0.15, 0.2) is 11.0 Å². The maximum atomic E-state index is 6.37. The third-order valence-corrected chi connectivity index (χ3v) is 6.69. The smallest absolute Gasteiger partial charge is 0.295 e. The second-order valence-corrected chi connectivity index (χ2v) is 8.66. The number of hydrogen-bond donors (Lipinski definition) is 0. The minimum absolute atomic E-state index is 0.934. The minimum atomic E-state index is 0.934. The lowest BCUT2D eigenvalue weighted by atomic mass is 10.0. The van der Waals surface area contributed by atoms with E-state index in [2.05, 4.69) is 104 Å². The molecule has 32 heavy (non-hydrogen) atoms. The van der Waals surface area contributed by atoms with E-state index in [1.807, 2.05) is 12.1 Å². The van der Waals surface area contributed by atoms with Gasteiger partial charge in [0.25, 0.3) is 5.82 Å². The average Bonchev–Trinajstić information content (AvgIpc) is 3.31. The molecule has 156 valence electrons. The van der Waals surface area contributed by atoms with Crippen molar-refractivity contribution in [2.75, 3.05) is 0 Å². The van der Waals surface area contributed by atoms with E-state index in [1.165, 1.54) is 50.0 Å². The molecule has 0 fully saturated rings. The largest absolute Gasteiger partial charge is 0.456 e. The fourth-order valence-electron chi connectivity index (χ4n) is 5.19. The molecule has 2 heterocycles. The molecule has 3 nitrogen and oxygen atoms in total. The van der Waals surface area contributed by atoms with Crippen LogP contribution in [-0.4, -0.2) is 4.57 Å². The van der Waals surface area contributed by atoms with E-state index in [0.717, 1.165) is 16.7 Å². The molecule has 0 amide bonds. The molecule has 0 aliphatic carbocycles. The second-order valence-electron chi connectivity index (χ2n) is 8.66. The lowest BCUT2D eigenvalue weighted by Gasteiger charge is -2.11. The molecule has 0 radical (unpaired) electrons. The fourth-order valence-corrected chi connectivity index (χ4v) is 5.19. The number of rotatable bonds is 2. The number of aryl methyl sites for hydroxylation is 4. The van der Waals surface area contributed by atoms with Gasteiger partial charge in [-0.15, -0.1) is 0 Å². The molecule has 4 aromatic carbocycles. The van der Waals surface area contributed by atoms with Gasteiger partial charge in [0.05, 0.1) is 12.6 Å². The number of aromatic nitrogens is 2. The summed E-state index contributed by atoms with van der Waals surface area (Å²) in [6.07, 6.45) is 0. The van der Waals surface area contributed by atoms with Gasteiger partial charge in [-0.3, -0.25) is 0 Å². The SMILES string of the molecule is Cc1ccccc1-c1n(-c2c(C)cc3c(oc4ccccc43)c2C)c2ccccc2[n+]1C. The topological polar surface area (TPSA) is 21.9 Å². The van der Waals surface area contributed by atoms with Crippen LogP contribution in [0.4, 0.5) is 0 Å². The molecular weight excluding hydrogens is 392 g/mol. The van der Waals surface area contributed by atoms with Crippen molar-refractivity contribution in [1.29, 1.82) is 0 Å². The van der Waals surface area contributed by atoms with Gasteiger partial charge in [0.1, 0.15) is 16.9 Å². The van der Waals surface area contributed by atoms with Crippen molar-refractivity contribution < 1.29 is 8.98 Å². The lowest BCUT2D eigenvalue weighted by Crippen LogP contribution is -2.30. The molecule has 0 atom stereocenters. The summed E-state index contributed by atoms with van der Waals surface area (Å²) in [7, 11) is 2.16. The van der Waals surface area contributed by atoms with Crippen LogP contribution in [0.1, 0.15) is 16.7 Å². The fraction of sp³-hybridized carbons (Fsp3) is 0.138. The van der Waals surface area contributed by atoms with E-state index < -0.39 is 0 Å². The third kappa shape index (κ3) is 2.51. The molecular formula is C29H25N2O+. The van der Waals surface area contributed by atoms with Crippen LogP contribution in [0.25, 0.3) is 50.0 Å². The maximum absolute atomic E-state index is 6.37. The Morgan fingerprint density at radius 3 is 2.31 bits per heavy atom. The molecule has 3 heteroatoms. The second kappa shape index (κ2) is 6.83. The molecule has 6 aromatic rings. The highest BCUT2D eigenvalue weighted by Gasteiger charge is 2.30. The van der Waals surface area contributed by atoms with Crippen LogP contribution in [0.15, 0.2) is 83.3 Å². The molecule has 0 saturated carbocycles. The molecule has 2 aromatic heterocycles. The summed E-state index contributed by atoms with van der Waals surface area (Å²) in [5.74, 6) is 1.17. The van der Waals surface area contributed by atoms with Gasteiger partial charge in [0, 0.05) is 16.3 Å². The Balaban J connectivity index is 1.79. The number of hydrogen-bond acceptors (Lipinski definition) is 1. The molecule has 0 aliphatic rings. The first-order valence-electron chi connectivity index (χ1n) is 11.0. The van der Waals surface area contributed by atoms with Gasteiger partial charge in [-0.25, -0.2) is 4.57 Å². The van der Waals surface area contributed by atoms with Crippen LogP contribution in [0.3, 0.4) is 0 Å². The van der Waals surface area contributed by atoms with Crippen molar-refractivity contribution in [1.82, 2.24) is 4.57 Å². The van der Waals surface area contributed by atoms with Crippen molar-refractivity contribution >= 4 is 33.0 Å². The van der Waals surface area contributed by atoms with Gasteiger partial charge in [0.2, 0.25) is 0 Å². The summed E-state index contributed by atoms with van der Waals surface area (Å²) in [4.78, 5) is 0. The minimum Gasteiger partial charge on any atom is -0.456 e. The normalized spacial score (nSPS) is 11.8. The van der Waals surface area contributed by atoms with E-state index in [4.69, 9.17) is 4.42 Å². The zero-order valence-electron chi connectivity index (χ0n) is 18.8. The number of benzene rings is 4. The van der Waals surface area contributed by atoms with E-state index in [9.17, 15) is 0 Å². The number of fused-ring (bicyclic) bond motifs is 4. The molecule has 0 aliphatic heterocycles. The predicted octanol–water partition coefficient (Wildman–Crippen LogP) is 6.95. The van der Waals surface area contributed by atoms with Gasteiger partial charge >= 0.3 is 0 Å². The molecule has 0 bridgehead atoms. The summed E-state index contributed by atoms with van der Waals surface area (Å²) in [6.45, 7) is 6.57. The van der Waals surface area contributed by atoms with Gasteiger partial charge in [-0.1, -0.05) is 48.5 Å². The highest BCUT2D eigenvalue weighted by atomic mass is 16.3. The van der Waals surface area contributed by atoms with Gasteiger partial charge < -0.3 is 4.42 Å². The first kappa shape index (κ1) is 18.9. The Kier molecular flexibility index (Phi) is 4.03. The predicted molar refractivity (Wildman–Crippen MR) is 131 cm³/mol. The summed E-state index contributed by atoms with van der Waals surface area (Å²) in [5.41, 5.74) is 10.4. The Bertz CT molecular complexity index is 1670. The molecule has 0 spiro atoms. The van der Waals surface area contributed by atoms with Crippen molar-refractivity contribution in [3.8, 4) is 17.1 Å². The Labute approximate surface area is 187 Å². The van der Waals surface area contributed by atoms with Gasteiger partial charge in [-0.2, -0.15) is 4.57 Å². The summed E-state index contributed by atoms with van der Waals surface area (Å²) >= 11 is 0. The Morgan fingerprint density at radius 1 is 0.750 bits per heavy atom. The van der Waals surface area contributed by atoms with Gasteiger partial charge in [-0.05, 0) is 62.2 Å². The van der Waals surface area contributed by atoms with Crippen LogP contribution in [0.2, 0.25) is 0 Å². The zero-order chi connectivity index (χ0) is 22.0. The Morgan fingerprint density at radius 2 is 1.47 bits per heavy atom. The molecule has 0 N–H and O–H groups in total. The van der Waals surface area contributed by atoms with Crippen molar-refractivity contribution in [3.63, 3.8) is 0 Å². The molecule has 6 rings (SSSR count). The van der Waals surface area contributed by atoms with Crippen molar-refractivity contribution in [2.45, 2.75) is 20.8 Å². The van der Waals surface area contributed by atoms with E-state index in [1.54, 1.807) is 0 Å². The average molecular weight is 418 g/mol. The highest BCUT2D eigenvalue weighted by molar-refractivity contribution is 6.07. The standard InChI is InChI=1S/C29H25N2O/c1-18-11-5-6-12-21(18)29-30(4)24-14-8-9-15-25(24)31(29)27-19(2)17-23-22-13-7-10-16-26(22)32-28(23)20(27)3/h5-17H,1-4H3/q+1. The van der Waals surface area contributed by atoms with Crippen molar-refractivity contribution in [2.24, 2.45) is 7.05 Å². The maximum Gasteiger partial charge on any atom is 0.295 e. The van der Waals surface area contributed by atoms with E-state index in [0.29, 0.717) is 0 Å². The van der Waals surface area contributed by atoms with E-state index >= 15 is 0 Å². The molecule has 0 saturated heterocycles. The summed E-state index contributed by atoms with van der Waals surface area (Å²) in [6, 6.07) is 27.8. The van der Waals surface area contributed by atoms with Crippen LogP contribution < -0.4 is 4.57 Å². The third-order valence-electron chi connectivity index (χ3n) is 6.69. The first-order chi connectivity index (χ1) is 15.6. The van der Waals surface area contributed by atoms with E-state index in [-0.39, 0.29) is 0 Å². The number of imidazole rings is 1. The molecule has 0 unspecified atom stereocenters. The van der Waals surface area contributed by atoms with Crippen LogP contribution in [0.5, 0.6) is 0 Å². The monoisotopic (exact) mass is 417 g/mol. The van der Waals surface area contributed by atoms with Crippen LogP contribution in [-0.2, 0) is 7.05 Å².